The van der Waals surface area contributed by atoms with Gasteiger partial charge in [-0.3, -0.25) is 4.79 Å². The summed E-state index contributed by atoms with van der Waals surface area (Å²) in [5.74, 6) is 1.52. The standard InChI is InChI=1S/C20H21N3O3/c1-25-17-9-7-16(8-10-17)19(24)23-13-11-20(12-14-23)21-18(22-26-20)15-5-3-2-4-6-15/h2-10H,11-14H2,1H3,(H,21,22). The summed E-state index contributed by atoms with van der Waals surface area (Å²) in [5, 5.41) is 0. The largest absolute Gasteiger partial charge is 0.497 e. The van der Waals surface area contributed by atoms with Crippen molar-refractivity contribution in [3.05, 3.63) is 65.7 Å². The second-order valence-electron chi connectivity index (χ2n) is 6.50. The van der Waals surface area contributed by atoms with Gasteiger partial charge < -0.3 is 9.64 Å². The topological polar surface area (TPSA) is 63.2 Å². The molecule has 2 aliphatic heterocycles. The summed E-state index contributed by atoms with van der Waals surface area (Å²) in [5.41, 5.74) is 4.04. The Morgan fingerprint density at radius 2 is 1.81 bits per heavy atom. The smallest absolute Gasteiger partial charge is 0.253 e. The van der Waals surface area contributed by atoms with E-state index < -0.39 is 5.72 Å². The van der Waals surface area contributed by atoms with E-state index in [9.17, 15) is 4.79 Å². The van der Waals surface area contributed by atoms with Crippen molar-refractivity contribution in [3.8, 4) is 5.75 Å². The average molecular weight is 351 g/mol. The lowest BCUT2D eigenvalue weighted by Gasteiger charge is -2.35. The molecule has 2 heterocycles. The van der Waals surface area contributed by atoms with Crippen LogP contribution in [-0.4, -0.2) is 42.6 Å². The number of ether oxygens (including phenoxy) is 1. The third kappa shape index (κ3) is 3.15. The monoisotopic (exact) mass is 351 g/mol. The second-order valence-corrected chi connectivity index (χ2v) is 6.50. The molecule has 0 bridgehead atoms. The summed E-state index contributed by atoms with van der Waals surface area (Å²) in [4.78, 5) is 25.1. The minimum Gasteiger partial charge on any atom is -0.497 e. The van der Waals surface area contributed by atoms with Gasteiger partial charge in [-0.05, 0) is 24.3 Å². The van der Waals surface area contributed by atoms with Crippen LogP contribution in [0.4, 0.5) is 0 Å². The maximum absolute atomic E-state index is 12.7. The number of methoxy groups -OCH3 is 1. The second kappa shape index (κ2) is 6.80. The zero-order valence-corrected chi connectivity index (χ0v) is 14.6. The quantitative estimate of drug-likeness (QED) is 0.923. The molecule has 2 aliphatic rings. The first-order chi connectivity index (χ1) is 12.7. The maximum Gasteiger partial charge on any atom is 0.253 e. The number of nitrogens with one attached hydrogen (secondary N) is 1. The van der Waals surface area contributed by atoms with Gasteiger partial charge in [-0.25, -0.2) is 15.3 Å². The summed E-state index contributed by atoms with van der Waals surface area (Å²) in [6.45, 7) is 1.22. The highest BCUT2D eigenvalue weighted by Crippen LogP contribution is 2.31. The van der Waals surface area contributed by atoms with Crippen LogP contribution in [-0.2, 0) is 4.84 Å². The molecule has 0 saturated carbocycles. The van der Waals surface area contributed by atoms with E-state index in [0.717, 1.165) is 17.1 Å². The fourth-order valence-corrected chi connectivity index (χ4v) is 3.30. The van der Waals surface area contributed by atoms with Crippen LogP contribution in [0.2, 0.25) is 0 Å². The molecule has 1 amide bonds. The van der Waals surface area contributed by atoms with Gasteiger partial charge in [0.05, 0.1) is 7.11 Å². The van der Waals surface area contributed by atoms with Crippen LogP contribution in [0.1, 0.15) is 28.8 Å². The van der Waals surface area contributed by atoms with Crippen molar-refractivity contribution in [1.82, 2.24) is 10.4 Å². The number of rotatable bonds is 3. The Balaban J connectivity index is 1.42. The fraction of sp³-hybridized carbons (Fsp3) is 0.300. The van der Waals surface area contributed by atoms with E-state index in [-0.39, 0.29) is 5.91 Å². The Hall–Kier alpha value is -2.86. The van der Waals surface area contributed by atoms with E-state index >= 15 is 0 Å². The van der Waals surface area contributed by atoms with Crippen LogP contribution in [0.15, 0.2) is 59.6 Å². The van der Waals surface area contributed by atoms with Gasteiger partial charge in [0.2, 0.25) is 0 Å². The van der Waals surface area contributed by atoms with Crippen molar-refractivity contribution in [2.45, 2.75) is 18.6 Å². The maximum atomic E-state index is 12.7. The number of aliphatic imine (C=N–C) groups is 1. The molecule has 1 spiro atoms. The first kappa shape index (κ1) is 16.6. The first-order valence-corrected chi connectivity index (χ1v) is 8.72. The summed E-state index contributed by atoms with van der Waals surface area (Å²) < 4.78 is 5.14. The van der Waals surface area contributed by atoms with Gasteiger partial charge in [0.25, 0.3) is 5.91 Å². The molecule has 6 nitrogen and oxygen atoms in total. The third-order valence-electron chi connectivity index (χ3n) is 4.87. The Morgan fingerprint density at radius 1 is 1.12 bits per heavy atom. The molecule has 2 aromatic rings. The molecule has 0 atom stereocenters. The average Bonchev–Trinajstić information content (AvgIpc) is 3.12. The predicted octanol–water partition coefficient (Wildman–Crippen LogP) is 2.61. The van der Waals surface area contributed by atoms with E-state index in [1.807, 2.05) is 35.2 Å². The molecule has 2 aromatic carbocycles. The van der Waals surface area contributed by atoms with Crippen molar-refractivity contribution in [2.24, 2.45) is 4.99 Å². The van der Waals surface area contributed by atoms with Crippen LogP contribution in [0.3, 0.4) is 0 Å². The highest BCUT2D eigenvalue weighted by Gasteiger charge is 2.41. The Bertz CT molecular complexity index is 810. The zero-order valence-electron chi connectivity index (χ0n) is 14.6. The molecule has 0 unspecified atom stereocenters. The number of hydrogen-bond donors (Lipinski definition) is 1. The molecule has 6 heteroatoms. The minimum atomic E-state index is -0.581. The fourth-order valence-electron chi connectivity index (χ4n) is 3.30. The number of nitrogens with zero attached hydrogens (tertiary/aromatic N) is 2. The highest BCUT2D eigenvalue weighted by molar-refractivity contribution is 5.99. The van der Waals surface area contributed by atoms with Gasteiger partial charge >= 0.3 is 0 Å². The summed E-state index contributed by atoms with van der Waals surface area (Å²) in [7, 11) is 1.61. The lowest BCUT2D eigenvalue weighted by Crippen LogP contribution is -2.46. The van der Waals surface area contributed by atoms with Crippen molar-refractivity contribution < 1.29 is 14.4 Å². The molecular formula is C20H21N3O3. The minimum absolute atomic E-state index is 0.0284. The summed E-state index contributed by atoms with van der Waals surface area (Å²) >= 11 is 0. The Morgan fingerprint density at radius 3 is 2.46 bits per heavy atom. The zero-order chi connectivity index (χ0) is 18.0. The van der Waals surface area contributed by atoms with Gasteiger partial charge in [0, 0.05) is 37.1 Å². The number of hydroxylamine groups is 1. The number of hydrogen-bond acceptors (Lipinski definition) is 5. The molecule has 0 aromatic heterocycles. The molecular weight excluding hydrogens is 330 g/mol. The first-order valence-electron chi connectivity index (χ1n) is 8.72. The van der Waals surface area contributed by atoms with Gasteiger partial charge in [-0.1, -0.05) is 30.3 Å². The molecule has 26 heavy (non-hydrogen) atoms. The van der Waals surface area contributed by atoms with E-state index in [4.69, 9.17) is 14.6 Å². The number of carbonyl (C=O) groups is 1. The van der Waals surface area contributed by atoms with E-state index in [0.29, 0.717) is 31.5 Å². The van der Waals surface area contributed by atoms with Gasteiger partial charge in [-0.15, -0.1) is 0 Å². The number of carbonyl (C=O) groups excluding carboxylic acids is 1. The van der Waals surface area contributed by atoms with E-state index in [1.165, 1.54) is 0 Å². The van der Waals surface area contributed by atoms with Crippen LogP contribution in [0.5, 0.6) is 5.75 Å². The van der Waals surface area contributed by atoms with Crippen LogP contribution >= 0.6 is 0 Å². The normalized spacial score (nSPS) is 18.3. The van der Waals surface area contributed by atoms with Gasteiger partial charge in [0.15, 0.2) is 11.6 Å². The number of piperidine rings is 1. The van der Waals surface area contributed by atoms with Crippen molar-refractivity contribution in [1.29, 1.82) is 0 Å². The van der Waals surface area contributed by atoms with Crippen molar-refractivity contribution >= 4 is 11.7 Å². The Kier molecular flexibility index (Phi) is 4.34. The van der Waals surface area contributed by atoms with E-state index in [2.05, 4.69) is 5.48 Å². The number of amides is 1. The van der Waals surface area contributed by atoms with Gasteiger partial charge in [-0.2, -0.15) is 0 Å². The molecule has 1 fully saturated rings. The number of benzene rings is 2. The Labute approximate surface area is 152 Å². The molecule has 0 aliphatic carbocycles. The third-order valence-corrected chi connectivity index (χ3v) is 4.87. The molecule has 1 saturated heterocycles. The predicted molar refractivity (Wildman–Crippen MR) is 98.1 cm³/mol. The molecule has 4 rings (SSSR count). The summed E-state index contributed by atoms with van der Waals surface area (Å²) in [6, 6.07) is 17.1. The van der Waals surface area contributed by atoms with Crippen LogP contribution < -0.4 is 10.2 Å². The lowest BCUT2D eigenvalue weighted by atomic mass is 10.00. The van der Waals surface area contributed by atoms with Crippen LogP contribution in [0.25, 0.3) is 0 Å². The molecule has 134 valence electrons. The van der Waals surface area contributed by atoms with Crippen LogP contribution in [0, 0.1) is 0 Å². The molecule has 0 radical (unpaired) electrons. The van der Waals surface area contributed by atoms with E-state index in [1.54, 1.807) is 31.4 Å². The number of amidine groups is 1. The molecule has 1 N–H and O–H groups in total. The lowest BCUT2D eigenvalue weighted by molar-refractivity contribution is -0.0849. The number of likely N-dealkylation sites (tertiary alicyclic amines) is 1. The summed E-state index contributed by atoms with van der Waals surface area (Å²) in [6.07, 6.45) is 1.33. The highest BCUT2D eigenvalue weighted by atomic mass is 16.7. The van der Waals surface area contributed by atoms with Gasteiger partial charge in [0.1, 0.15) is 5.75 Å². The van der Waals surface area contributed by atoms with Crippen molar-refractivity contribution in [3.63, 3.8) is 0 Å². The SMILES string of the molecule is COc1ccc(C(=O)N2CCC3(CC2)N=C(c2ccccc2)NO3)cc1. The van der Waals surface area contributed by atoms with Crippen molar-refractivity contribution in [2.75, 3.05) is 20.2 Å².